The summed E-state index contributed by atoms with van der Waals surface area (Å²) < 4.78 is 34.0. The topological polar surface area (TPSA) is 98.1 Å². The van der Waals surface area contributed by atoms with Gasteiger partial charge in [0.05, 0.1) is 36.6 Å². The van der Waals surface area contributed by atoms with E-state index < -0.39 is 10.0 Å². The quantitative estimate of drug-likeness (QED) is 0.273. The largest absolute Gasteiger partial charge is 0.492 e. The van der Waals surface area contributed by atoms with Crippen LogP contribution in [0.3, 0.4) is 0 Å². The molecule has 1 aromatic heterocycles. The zero-order valence-corrected chi connectivity index (χ0v) is 23.8. The minimum Gasteiger partial charge on any atom is -0.492 e. The van der Waals surface area contributed by atoms with Crippen LogP contribution in [-0.2, 0) is 15.4 Å². The SMILES string of the molecule is C=C/C=C\C(=C/C=C)c1cn(-c2cccc(C(=C)Nc3cc(C(C)(C)C)cc(NS(C)(=O)=O)c3OC)c2)nn1. The van der Waals surface area contributed by atoms with E-state index in [0.29, 0.717) is 28.5 Å². The molecule has 0 atom stereocenters. The molecule has 3 rings (SSSR count). The highest BCUT2D eigenvalue weighted by Crippen LogP contribution is 2.40. The molecular formula is C30H35N5O3S. The molecule has 1 heterocycles. The molecular weight excluding hydrogens is 510 g/mol. The number of methoxy groups -OCH3 is 1. The lowest BCUT2D eigenvalue weighted by molar-refractivity contribution is 0.418. The molecule has 2 N–H and O–H groups in total. The van der Waals surface area contributed by atoms with Crippen molar-refractivity contribution in [2.45, 2.75) is 26.2 Å². The van der Waals surface area contributed by atoms with Crippen molar-refractivity contribution < 1.29 is 13.2 Å². The van der Waals surface area contributed by atoms with Gasteiger partial charge >= 0.3 is 0 Å². The van der Waals surface area contributed by atoms with Crippen molar-refractivity contribution in [1.82, 2.24) is 15.0 Å². The first-order valence-electron chi connectivity index (χ1n) is 12.2. The van der Waals surface area contributed by atoms with Gasteiger partial charge in [-0.2, -0.15) is 0 Å². The molecule has 9 heteroatoms. The molecule has 3 aromatic rings. The Kier molecular flexibility index (Phi) is 8.98. The second kappa shape index (κ2) is 12.0. The second-order valence-corrected chi connectivity index (χ2v) is 11.6. The number of ether oxygens (including phenoxy) is 1. The van der Waals surface area contributed by atoms with Crippen molar-refractivity contribution in [3.63, 3.8) is 0 Å². The molecule has 0 aliphatic rings. The van der Waals surface area contributed by atoms with Crippen LogP contribution in [0.25, 0.3) is 17.0 Å². The third-order valence-corrected chi connectivity index (χ3v) is 6.29. The maximum absolute atomic E-state index is 12.1. The lowest BCUT2D eigenvalue weighted by Crippen LogP contribution is -2.16. The Morgan fingerprint density at radius 1 is 1.10 bits per heavy atom. The summed E-state index contributed by atoms with van der Waals surface area (Å²) in [5, 5.41) is 11.9. The molecule has 0 fully saturated rings. The molecule has 8 nitrogen and oxygen atoms in total. The summed E-state index contributed by atoms with van der Waals surface area (Å²) in [4.78, 5) is 0. The fourth-order valence-corrected chi connectivity index (χ4v) is 4.32. The highest BCUT2D eigenvalue weighted by molar-refractivity contribution is 7.92. The number of rotatable bonds is 11. The van der Waals surface area contributed by atoms with Crippen LogP contribution in [0.2, 0.25) is 0 Å². The van der Waals surface area contributed by atoms with Crippen LogP contribution in [-0.4, -0.2) is 36.8 Å². The van der Waals surface area contributed by atoms with Crippen molar-refractivity contribution in [3.8, 4) is 11.4 Å². The number of sulfonamides is 1. The van der Waals surface area contributed by atoms with Gasteiger partial charge in [0.25, 0.3) is 0 Å². The Labute approximate surface area is 231 Å². The second-order valence-electron chi connectivity index (χ2n) is 9.88. The van der Waals surface area contributed by atoms with Crippen LogP contribution in [0.5, 0.6) is 5.75 Å². The van der Waals surface area contributed by atoms with Gasteiger partial charge in [0.1, 0.15) is 5.69 Å². The van der Waals surface area contributed by atoms with Gasteiger partial charge in [0.15, 0.2) is 5.75 Å². The summed E-state index contributed by atoms with van der Waals surface area (Å²) in [6.07, 6.45) is 11.9. The Morgan fingerprint density at radius 2 is 1.82 bits per heavy atom. The zero-order valence-electron chi connectivity index (χ0n) is 23.0. The van der Waals surface area contributed by atoms with Crippen LogP contribution >= 0.6 is 0 Å². The van der Waals surface area contributed by atoms with E-state index in [1.54, 1.807) is 22.9 Å². The van der Waals surface area contributed by atoms with Crippen molar-refractivity contribution >= 4 is 32.7 Å². The highest BCUT2D eigenvalue weighted by atomic mass is 32.2. The molecule has 0 saturated heterocycles. The fourth-order valence-electron chi connectivity index (χ4n) is 3.77. The van der Waals surface area contributed by atoms with Crippen LogP contribution < -0.4 is 14.8 Å². The number of anilines is 2. The molecule has 0 unspecified atom stereocenters. The number of nitrogens with zero attached hydrogens (tertiary/aromatic N) is 3. The minimum atomic E-state index is -3.53. The minimum absolute atomic E-state index is 0.248. The maximum Gasteiger partial charge on any atom is 0.229 e. The van der Waals surface area contributed by atoms with Crippen LogP contribution in [0.4, 0.5) is 11.4 Å². The lowest BCUT2D eigenvalue weighted by atomic mass is 9.86. The van der Waals surface area contributed by atoms with E-state index in [9.17, 15) is 8.42 Å². The number of hydrogen-bond donors (Lipinski definition) is 2. The Bertz CT molecular complexity index is 1560. The summed E-state index contributed by atoms with van der Waals surface area (Å²) in [7, 11) is -2.04. The summed E-state index contributed by atoms with van der Waals surface area (Å²) in [5.41, 5.74) is 5.32. The standard InChI is InChI=1S/C30H35N5O3S/c1-9-11-14-22(13-10-2)28-20-35(34-32-28)25-16-12-15-23(17-25)21(3)31-26-18-24(30(4,5)6)19-27(29(26)38-7)33-39(8,36)37/h9-20,31,33H,1-3H2,4-8H3/b14-11-,22-13+. The van der Waals surface area contributed by atoms with Gasteiger partial charge in [0, 0.05) is 11.3 Å². The third-order valence-electron chi connectivity index (χ3n) is 5.70. The van der Waals surface area contributed by atoms with Crippen molar-refractivity contribution in [2.24, 2.45) is 0 Å². The molecule has 0 spiro atoms. The van der Waals surface area contributed by atoms with Crippen LogP contribution in [0, 0.1) is 0 Å². The first kappa shape index (κ1) is 29.2. The number of hydrogen-bond acceptors (Lipinski definition) is 6. The molecule has 204 valence electrons. The first-order valence-corrected chi connectivity index (χ1v) is 14.1. The van der Waals surface area contributed by atoms with E-state index in [0.717, 1.165) is 28.6 Å². The van der Waals surface area contributed by atoms with E-state index in [1.165, 1.54) is 7.11 Å². The van der Waals surface area contributed by atoms with Crippen molar-refractivity contribution in [1.29, 1.82) is 0 Å². The zero-order chi connectivity index (χ0) is 28.8. The van der Waals surface area contributed by atoms with E-state index in [2.05, 4.69) is 60.9 Å². The van der Waals surface area contributed by atoms with E-state index >= 15 is 0 Å². The van der Waals surface area contributed by atoms with Gasteiger partial charge in [0.2, 0.25) is 10.0 Å². The maximum atomic E-state index is 12.1. The summed E-state index contributed by atoms with van der Waals surface area (Å²) in [6.45, 7) is 17.9. The average Bonchev–Trinajstić information content (AvgIpc) is 3.35. The Balaban J connectivity index is 1.98. The first-order chi connectivity index (χ1) is 18.4. The molecule has 0 radical (unpaired) electrons. The van der Waals surface area contributed by atoms with Gasteiger partial charge in [-0.15, -0.1) is 5.10 Å². The monoisotopic (exact) mass is 545 g/mol. The Morgan fingerprint density at radius 3 is 2.44 bits per heavy atom. The molecule has 0 bridgehead atoms. The number of nitrogens with one attached hydrogen (secondary N) is 2. The molecule has 0 saturated carbocycles. The normalized spacial score (nSPS) is 12.3. The third kappa shape index (κ3) is 7.58. The molecule has 0 aliphatic heterocycles. The number of allylic oxidation sites excluding steroid dienone is 6. The van der Waals surface area contributed by atoms with Crippen LogP contribution in [0.1, 0.15) is 37.6 Å². The van der Waals surface area contributed by atoms with Gasteiger partial charge in [-0.05, 0) is 40.8 Å². The predicted octanol–water partition coefficient (Wildman–Crippen LogP) is 6.34. The summed E-state index contributed by atoms with van der Waals surface area (Å²) in [5.74, 6) is 0.362. The number of aromatic nitrogens is 3. The molecule has 0 amide bonds. The highest BCUT2D eigenvalue weighted by Gasteiger charge is 2.21. The molecule has 39 heavy (non-hydrogen) atoms. The van der Waals surface area contributed by atoms with Gasteiger partial charge in [-0.3, -0.25) is 4.72 Å². The van der Waals surface area contributed by atoms with Crippen molar-refractivity contribution in [3.05, 3.63) is 110 Å². The summed E-state index contributed by atoms with van der Waals surface area (Å²) >= 11 is 0. The smallest absolute Gasteiger partial charge is 0.229 e. The fraction of sp³-hybridized carbons (Fsp3) is 0.200. The van der Waals surface area contributed by atoms with Gasteiger partial charge in [-0.1, -0.05) is 88.2 Å². The summed E-state index contributed by atoms with van der Waals surface area (Å²) in [6, 6.07) is 11.4. The Hall–Kier alpha value is -4.37. The van der Waals surface area contributed by atoms with Gasteiger partial charge in [-0.25, -0.2) is 13.1 Å². The van der Waals surface area contributed by atoms with E-state index in [-0.39, 0.29) is 5.41 Å². The van der Waals surface area contributed by atoms with Crippen LogP contribution in [0.15, 0.2) is 92.7 Å². The average molecular weight is 546 g/mol. The van der Waals surface area contributed by atoms with Gasteiger partial charge < -0.3 is 10.1 Å². The van der Waals surface area contributed by atoms with Crippen molar-refractivity contribution in [2.75, 3.05) is 23.4 Å². The lowest BCUT2D eigenvalue weighted by Gasteiger charge is -2.24. The molecule has 2 aromatic carbocycles. The van der Waals surface area contributed by atoms with E-state index in [4.69, 9.17) is 4.74 Å². The number of benzene rings is 2. The van der Waals surface area contributed by atoms with E-state index in [1.807, 2.05) is 54.8 Å². The predicted molar refractivity (Wildman–Crippen MR) is 162 cm³/mol. The molecule has 0 aliphatic carbocycles.